The maximum absolute atomic E-state index is 14.4. The summed E-state index contributed by atoms with van der Waals surface area (Å²) in [6, 6.07) is 3.50. The lowest BCUT2D eigenvalue weighted by molar-refractivity contribution is -0.118. The van der Waals surface area contributed by atoms with Gasteiger partial charge in [-0.25, -0.2) is 4.39 Å². The predicted molar refractivity (Wildman–Crippen MR) is 77.1 cm³/mol. The Balaban J connectivity index is 0.00000147. The number of fused-ring (bicyclic) bond motifs is 1. The van der Waals surface area contributed by atoms with E-state index in [1.165, 1.54) is 0 Å². The maximum Gasteiger partial charge on any atom is 0.262 e. The smallest absolute Gasteiger partial charge is 0.262 e. The highest BCUT2D eigenvalue weighted by atomic mass is 35.5. The van der Waals surface area contributed by atoms with Gasteiger partial charge in [0, 0.05) is 0 Å². The average molecular weight is 301 g/mol. The zero-order chi connectivity index (χ0) is 13.2. The van der Waals surface area contributed by atoms with E-state index in [-0.39, 0.29) is 36.4 Å². The van der Waals surface area contributed by atoms with Gasteiger partial charge in [-0.3, -0.25) is 4.79 Å². The van der Waals surface area contributed by atoms with Crippen molar-refractivity contribution >= 4 is 24.0 Å². The first-order valence-electron chi connectivity index (χ1n) is 6.69. The standard InChI is InChI=1S/C14H17FN2O2.ClH/c15-13-10(6-9-2-1-5-16-7-9)3-4-11-14(13)17-12(18)8-19-11;/h3-4,9,16H,1-2,5-8H2,(H,17,18);1H. The highest BCUT2D eigenvalue weighted by Crippen LogP contribution is 2.33. The van der Waals surface area contributed by atoms with Crippen molar-refractivity contribution in [3.8, 4) is 5.75 Å². The van der Waals surface area contributed by atoms with Gasteiger partial charge in [-0.2, -0.15) is 0 Å². The quantitative estimate of drug-likeness (QED) is 0.879. The molecule has 1 unspecified atom stereocenters. The Labute approximate surface area is 123 Å². The van der Waals surface area contributed by atoms with Crippen LogP contribution in [0.5, 0.6) is 5.75 Å². The fourth-order valence-corrected chi connectivity index (χ4v) is 2.72. The first-order valence-corrected chi connectivity index (χ1v) is 6.69. The SMILES string of the molecule is Cl.O=C1COc2ccc(CC3CCCNC3)c(F)c2N1. The Morgan fingerprint density at radius 2 is 2.25 bits per heavy atom. The summed E-state index contributed by atoms with van der Waals surface area (Å²) in [6.07, 6.45) is 2.95. The van der Waals surface area contributed by atoms with Crippen LogP contribution in [-0.4, -0.2) is 25.6 Å². The lowest BCUT2D eigenvalue weighted by atomic mass is 9.92. The summed E-state index contributed by atoms with van der Waals surface area (Å²) in [6.45, 7) is 1.94. The summed E-state index contributed by atoms with van der Waals surface area (Å²) in [4.78, 5) is 11.3. The number of carbonyl (C=O) groups excluding carboxylic acids is 1. The molecule has 2 N–H and O–H groups in total. The number of ether oxygens (including phenoxy) is 1. The highest BCUT2D eigenvalue weighted by Gasteiger charge is 2.23. The number of benzene rings is 1. The van der Waals surface area contributed by atoms with E-state index >= 15 is 0 Å². The van der Waals surface area contributed by atoms with Crippen LogP contribution >= 0.6 is 12.4 Å². The molecule has 0 saturated carbocycles. The van der Waals surface area contributed by atoms with Crippen molar-refractivity contribution in [1.29, 1.82) is 0 Å². The lowest BCUT2D eigenvalue weighted by Crippen LogP contribution is -2.31. The van der Waals surface area contributed by atoms with Crippen molar-refractivity contribution in [1.82, 2.24) is 5.32 Å². The summed E-state index contributed by atoms with van der Waals surface area (Å²) in [5.74, 6) is 0.225. The van der Waals surface area contributed by atoms with E-state index in [1.807, 2.05) is 0 Å². The average Bonchev–Trinajstić information content (AvgIpc) is 2.44. The van der Waals surface area contributed by atoms with Crippen LogP contribution in [0.25, 0.3) is 0 Å². The van der Waals surface area contributed by atoms with Crippen LogP contribution in [0.3, 0.4) is 0 Å². The lowest BCUT2D eigenvalue weighted by Gasteiger charge is -2.24. The summed E-state index contributed by atoms with van der Waals surface area (Å²) >= 11 is 0. The van der Waals surface area contributed by atoms with Gasteiger partial charge in [-0.05, 0) is 49.9 Å². The number of anilines is 1. The van der Waals surface area contributed by atoms with Gasteiger partial charge >= 0.3 is 0 Å². The molecule has 110 valence electrons. The van der Waals surface area contributed by atoms with Crippen LogP contribution in [0.2, 0.25) is 0 Å². The number of carbonyl (C=O) groups is 1. The Kier molecular flexibility index (Phi) is 4.83. The van der Waals surface area contributed by atoms with Gasteiger partial charge in [-0.1, -0.05) is 6.07 Å². The molecular formula is C14H18ClFN2O2. The van der Waals surface area contributed by atoms with Gasteiger partial charge in [0.25, 0.3) is 5.91 Å². The zero-order valence-corrected chi connectivity index (χ0v) is 11.9. The molecule has 1 saturated heterocycles. The van der Waals surface area contributed by atoms with Crippen LogP contribution < -0.4 is 15.4 Å². The number of hydrogen-bond donors (Lipinski definition) is 2. The molecule has 0 spiro atoms. The van der Waals surface area contributed by atoms with Gasteiger partial charge in [0.15, 0.2) is 12.4 Å². The van der Waals surface area contributed by atoms with Gasteiger partial charge < -0.3 is 15.4 Å². The van der Waals surface area contributed by atoms with Crippen molar-refractivity contribution in [3.63, 3.8) is 0 Å². The molecule has 0 aromatic heterocycles. The van der Waals surface area contributed by atoms with E-state index in [4.69, 9.17) is 4.74 Å². The first kappa shape index (κ1) is 15.1. The number of halogens is 2. The molecule has 0 aliphatic carbocycles. The molecule has 0 radical (unpaired) electrons. The molecule has 20 heavy (non-hydrogen) atoms. The van der Waals surface area contributed by atoms with E-state index in [0.29, 0.717) is 23.7 Å². The van der Waals surface area contributed by atoms with E-state index in [1.54, 1.807) is 12.1 Å². The highest BCUT2D eigenvalue weighted by molar-refractivity contribution is 5.95. The van der Waals surface area contributed by atoms with Crippen molar-refractivity contribution < 1.29 is 13.9 Å². The molecule has 1 aromatic rings. The largest absolute Gasteiger partial charge is 0.481 e. The third kappa shape index (κ3) is 3.04. The Morgan fingerprint density at radius 3 is 3.00 bits per heavy atom. The van der Waals surface area contributed by atoms with E-state index < -0.39 is 0 Å². The normalized spacial score (nSPS) is 21.2. The van der Waals surface area contributed by atoms with E-state index in [9.17, 15) is 9.18 Å². The van der Waals surface area contributed by atoms with Crippen molar-refractivity contribution in [2.24, 2.45) is 5.92 Å². The molecule has 1 amide bonds. The van der Waals surface area contributed by atoms with E-state index in [0.717, 1.165) is 25.9 Å². The van der Waals surface area contributed by atoms with Gasteiger partial charge in [0.05, 0.1) is 0 Å². The first-order chi connectivity index (χ1) is 9.24. The van der Waals surface area contributed by atoms with Gasteiger partial charge in [-0.15, -0.1) is 12.4 Å². The second-order valence-corrected chi connectivity index (χ2v) is 5.17. The molecule has 3 rings (SSSR count). The number of hydrogen-bond acceptors (Lipinski definition) is 3. The van der Waals surface area contributed by atoms with Crippen LogP contribution in [0, 0.1) is 11.7 Å². The fourth-order valence-electron chi connectivity index (χ4n) is 2.72. The zero-order valence-electron chi connectivity index (χ0n) is 11.1. The molecule has 1 aromatic carbocycles. The number of rotatable bonds is 2. The van der Waals surface area contributed by atoms with Crippen LogP contribution in [-0.2, 0) is 11.2 Å². The minimum Gasteiger partial charge on any atom is -0.481 e. The van der Waals surface area contributed by atoms with Crippen molar-refractivity contribution in [2.75, 3.05) is 25.0 Å². The third-order valence-electron chi connectivity index (χ3n) is 3.71. The Bertz CT molecular complexity index is 504. The number of amides is 1. The molecule has 2 heterocycles. The summed E-state index contributed by atoms with van der Waals surface area (Å²) < 4.78 is 19.6. The van der Waals surface area contributed by atoms with Crippen LogP contribution in [0.4, 0.5) is 10.1 Å². The molecule has 0 bridgehead atoms. The predicted octanol–water partition coefficient (Wildman–Crippen LogP) is 2.12. The van der Waals surface area contributed by atoms with Crippen LogP contribution in [0.15, 0.2) is 12.1 Å². The molecule has 1 atom stereocenters. The summed E-state index contributed by atoms with van der Waals surface area (Å²) in [5.41, 5.74) is 0.843. The van der Waals surface area contributed by atoms with Crippen LogP contribution in [0.1, 0.15) is 18.4 Å². The fraction of sp³-hybridized carbons (Fsp3) is 0.500. The number of nitrogens with one attached hydrogen (secondary N) is 2. The molecule has 2 aliphatic rings. The topological polar surface area (TPSA) is 50.4 Å². The molecule has 2 aliphatic heterocycles. The van der Waals surface area contributed by atoms with Gasteiger partial charge in [0.1, 0.15) is 11.4 Å². The molecule has 1 fully saturated rings. The minimum absolute atomic E-state index is 0. The summed E-state index contributed by atoms with van der Waals surface area (Å²) in [5, 5.41) is 5.88. The van der Waals surface area contributed by atoms with Gasteiger partial charge in [0.2, 0.25) is 0 Å². The van der Waals surface area contributed by atoms with Crippen molar-refractivity contribution in [2.45, 2.75) is 19.3 Å². The third-order valence-corrected chi connectivity index (χ3v) is 3.71. The van der Waals surface area contributed by atoms with E-state index in [2.05, 4.69) is 10.6 Å². The molecule has 4 nitrogen and oxygen atoms in total. The molecule has 6 heteroatoms. The second kappa shape index (κ2) is 6.41. The second-order valence-electron chi connectivity index (χ2n) is 5.17. The van der Waals surface area contributed by atoms with Crippen molar-refractivity contribution in [3.05, 3.63) is 23.5 Å². The Morgan fingerprint density at radius 1 is 1.40 bits per heavy atom. The molecular weight excluding hydrogens is 283 g/mol. The Hall–Kier alpha value is -1.33. The summed E-state index contributed by atoms with van der Waals surface area (Å²) in [7, 11) is 0. The minimum atomic E-state index is -0.351. The number of piperidine rings is 1. The maximum atomic E-state index is 14.4. The monoisotopic (exact) mass is 300 g/mol.